The molecule has 2 aromatic rings. The van der Waals surface area contributed by atoms with Gasteiger partial charge in [0.05, 0.1) is 6.26 Å². The van der Waals surface area contributed by atoms with E-state index in [0.717, 1.165) is 25.7 Å². The number of nitrogens with zero attached hydrogens (tertiary/aromatic N) is 2. The van der Waals surface area contributed by atoms with E-state index in [1.807, 2.05) is 6.07 Å². The molecule has 0 spiro atoms. The quantitative estimate of drug-likeness (QED) is 0.695. The Hall–Kier alpha value is -2.04. The molecule has 146 valence electrons. The van der Waals surface area contributed by atoms with E-state index >= 15 is 0 Å². The van der Waals surface area contributed by atoms with Crippen LogP contribution in [0.4, 0.5) is 0 Å². The van der Waals surface area contributed by atoms with Gasteiger partial charge in [0.2, 0.25) is 5.76 Å². The van der Waals surface area contributed by atoms with E-state index in [1.165, 1.54) is 32.1 Å². The van der Waals surface area contributed by atoms with E-state index < -0.39 is 0 Å². The monoisotopic (exact) mass is 370 g/mol. The van der Waals surface area contributed by atoms with Gasteiger partial charge in [0.15, 0.2) is 11.5 Å². The van der Waals surface area contributed by atoms with Crippen molar-refractivity contribution in [3.8, 4) is 11.5 Å². The first-order chi connectivity index (χ1) is 13.0. The second-order valence-electron chi connectivity index (χ2n) is 8.97. The lowest BCUT2D eigenvalue weighted by atomic mass is 9.74. The highest BCUT2D eigenvalue weighted by Crippen LogP contribution is 2.40. The molecule has 5 heteroatoms. The van der Waals surface area contributed by atoms with E-state index in [9.17, 15) is 4.79 Å². The summed E-state index contributed by atoms with van der Waals surface area (Å²) in [5.41, 5.74) is 0.689. The third-order valence-corrected chi connectivity index (χ3v) is 6.27. The third kappa shape index (κ3) is 3.97. The van der Waals surface area contributed by atoms with Crippen molar-refractivity contribution in [3.63, 3.8) is 0 Å². The molecule has 0 bridgehead atoms. The molecule has 2 aromatic heterocycles. The van der Waals surface area contributed by atoms with Gasteiger partial charge in [0.1, 0.15) is 0 Å². The molecule has 5 nitrogen and oxygen atoms in total. The Morgan fingerprint density at radius 3 is 2.59 bits per heavy atom. The second-order valence-corrected chi connectivity index (χ2v) is 8.97. The van der Waals surface area contributed by atoms with Gasteiger partial charge in [-0.2, -0.15) is 0 Å². The van der Waals surface area contributed by atoms with Crippen LogP contribution in [0.2, 0.25) is 0 Å². The lowest BCUT2D eigenvalue weighted by molar-refractivity contribution is 0.0311. The first kappa shape index (κ1) is 18.3. The van der Waals surface area contributed by atoms with Crippen LogP contribution in [0.1, 0.15) is 82.1 Å². The molecule has 0 N–H and O–H groups in total. The highest BCUT2D eigenvalue weighted by Gasteiger charge is 2.38. The molecule has 1 unspecified atom stereocenters. The highest BCUT2D eigenvalue weighted by molar-refractivity contribution is 5.93. The summed E-state index contributed by atoms with van der Waals surface area (Å²) in [7, 11) is 0. The smallest absolute Gasteiger partial charge is 0.276 e. The highest BCUT2D eigenvalue weighted by atomic mass is 16.5. The molecule has 2 saturated carbocycles. The summed E-state index contributed by atoms with van der Waals surface area (Å²) in [5.74, 6) is 1.13. The van der Waals surface area contributed by atoms with Crippen molar-refractivity contribution in [2.24, 2.45) is 5.41 Å². The van der Waals surface area contributed by atoms with E-state index in [2.05, 4.69) is 23.9 Å². The molecular formula is C22H30N2O3. The molecule has 2 aliphatic carbocycles. The molecule has 2 heterocycles. The molecule has 0 aromatic carbocycles. The van der Waals surface area contributed by atoms with Crippen LogP contribution in [0, 0.1) is 5.41 Å². The largest absolute Gasteiger partial charge is 0.461 e. The maximum absolute atomic E-state index is 13.5. The Balaban J connectivity index is 1.60. The molecule has 2 fully saturated rings. The van der Waals surface area contributed by atoms with Gasteiger partial charge in [-0.15, -0.1) is 0 Å². The first-order valence-corrected chi connectivity index (χ1v) is 10.4. The minimum atomic E-state index is 0.0196. The average Bonchev–Trinajstić information content (AvgIpc) is 3.34. The second kappa shape index (κ2) is 7.53. The number of aromatic nitrogens is 1. The zero-order valence-electron chi connectivity index (χ0n) is 16.4. The van der Waals surface area contributed by atoms with Crippen molar-refractivity contribution >= 4 is 5.91 Å². The maximum Gasteiger partial charge on any atom is 0.276 e. The number of carbonyl (C=O) groups excluding carboxylic acids is 1. The van der Waals surface area contributed by atoms with E-state index in [-0.39, 0.29) is 5.91 Å². The van der Waals surface area contributed by atoms with Gasteiger partial charge in [-0.05, 0) is 49.7 Å². The molecule has 0 radical (unpaired) electrons. The molecule has 2 aliphatic rings. The molecular weight excluding hydrogens is 340 g/mol. The first-order valence-electron chi connectivity index (χ1n) is 10.4. The lowest BCUT2D eigenvalue weighted by Gasteiger charge is -2.45. The van der Waals surface area contributed by atoms with Crippen molar-refractivity contribution in [1.82, 2.24) is 10.1 Å². The van der Waals surface area contributed by atoms with E-state index in [0.29, 0.717) is 34.7 Å². The third-order valence-electron chi connectivity index (χ3n) is 6.27. The summed E-state index contributed by atoms with van der Waals surface area (Å²) in [4.78, 5) is 15.7. The fourth-order valence-corrected chi connectivity index (χ4v) is 4.93. The molecule has 0 aliphatic heterocycles. The van der Waals surface area contributed by atoms with Crippen LogP contribution in [0.15, 0.2) is 33.4 Å². The van der Waals surface area contributed by atoms with Gasteiger partial charge in [0.25, 0.3) is 5.91 Å². The van der Waals surface area contributed by atoms with Crippen LogP contribution >= 0.6 is 0 Å². The number of carbonyl (C=O) groups is 1. The predicted octanol–water partition coefficient (Wildman–Crippen LogP) is 5.68. The maximum atomic E-state index is 13.5. The summed E-state index contributed by atoms with van der Waals surface area (Å²) in [6.45, 7) is 4.65. The van der Waals surface area contributed by atoms with E-state index in [4.69, 9.17) is 8.94 Å². The standard InChI is InChI=1S/C22H30N2O3/c1-22(2)12-6-10-17(15-22)24(16-8-4-3-5-9-16)21(25)18-14-20(27-23-18)19-11-7-13-26-19/h7,11,13-14,16-17H,3-6,8-10,12,15H2,1-2H3. The Morgan fingerprint density at radius 2 is 1.89 bits per heavy atom. The fraction of sp³-hybridized carbons (Fsp3) is 0.636. The van der Waals surface area contributed by atoms with Gasteiger partial charge in [-0.25, -0.2) is 0 Å². The van der Waals surface area contributed by atoms with Crippen molar-refractivity contribution in [2.45, 2.75) is 83.7 Å². The number of amides is 1. The average molecular weight is 370 g/mol. The van der Waals surface area contributed by atoms with Crippen LogP contribution in [-0.2, 0) is 0 Å². The predicted molar refractivity (Wildman–Crippen MR) is 103 cm³/mol. The number of rotatable bonds is 4. The molecule has 27 heavy (non-hydrogen) atoms. The zero-order chi connectivity index (χ0) is 18.9. The summed E-state index contributed by atoms with van der Waals surface area (Å²) < 4.78 is 10.8. The molecule has 0 saturated heterocycles. The van der Waals surface area contributed by atoms with Crippen LogP contribution in [0.5, 0.6) is 0 Å². The zero-order valence-corrected chi connectivity index (χ0v) is 16.4. The number of hydrogen-bond donors (Lipinski definition) is 0. The van der Waals surface area contributed by atoms with E-state index in [1.54, 1.807) is 18.4 Å². The van der Waals surface area contributed by atoms with Crippen LogP contribution in [-0.4, -0.2) is 28.0 Å². The summed E-state index contributed by atoms with van der Waals surface area (Å²) in [6, 6.07) is 5.97. The minimum Gasteiger partial charge on any atom is -0.461 e. The Bertz CT molecular complexity index is 756. The van der Waals surface area contributed by atoms with Gasteiger partial charge in [-0.3, -0.25) is 4.79 Å². The summed E-state index contributed by atoms with van der Waals surface area (Å²) in [6.07, 6.45) is 12.1. The summed E-state index contributed by atoms with van der Waals surface area (Å²) >= 11 is 0. The molecule has 4 rings (SSSR count). The fourth-order valence-electron chi connectivity index (χ4n) is 4.93. The number of furan rings is 1. The SMILES string of the molecule is CC1(C)CCCC(N(C(=O)c2cc(-c3ccco3)on2)C2CCCCC2)C1. The van der Waals surface area contributed by atoms with Crippen molar-refractivity contribution in [3.05, 3.63) is 30.2 Å². The van der Waals surface area contributed by atoms with Crippen molar-refractivity contribution in [1.29, 1.82) is 0 Å². The Kier molecular flexibility index (Phi) is 5.11. The van der Waals surface area contributed by atoms with Gasteiger partial charge in [0, 0.05) is 18.2 Å². The van der Waals surface area contributed by atoms with Crippen molar-refractivity contribution < 1.29 is 13.7 Å². The van der Waals surface area contributed by atoms with Gasteiger partial charge >= 0.3 is 0 Å². The Morgan fingerprint density at radius 1 is 1.11 bits per heavy atom. The number of hydrogen-bond acceptors (Lipinski definition) is 4. The summed E-state index contributed by atoms with van der Waals surface area (Å²) in [5, 5.41) is 4.09. The molecule has 1 atom stereocenters. The lowest BCUT2D eigenvalue weighted by Crippen LogP contribution is -2.50. The topological polar surface area (TPSA) is 59.5 Å². The minimum absolute atomic E-state index is 0.0196. The van der Waals surface area contributed by atoms with Gasteiger partial charge < -0.3 is 13.8 Å². The van der Waals surface area contributed by atoms with Crippen LogP contribution in [0.25, 0.3) is 11.5 Å². The molecule has 1 amide bonds. The Labute approximate surface area is 161 Å². The van der Waals surface area contributed by atoms with Gasteiger partial charge in [-0.1, -0.05) is 44.7 Å². The van der Waals surface area contributed by atoms with Crippen LogP contribution in [0.3, 0.4) is 0 Å². The normalized spacial score (nSPS) is 23.3. The van der Waals surface area contributed by atoms with Crippen molar-refractivity contribution in [2.75, 3.05) is 0 Å². The van der Waals surface area contributed by atoms with Crippen LogP contribution < -0.4 is 0 Å².